The smallest absolute Gasteiger partial charge is 0.137 e. The molecule has 3 saturated carbocycles. The molecule has 3 heteroatoms. The summed E-state index contributed by atoms with van der Waals surface area (Å²) < 4.78 is 0. The fourth-order valence-corrected chi connectivity index (χ4v) is 5.50. The van der Waals surface area contributed by atoms with Gasteiger partial charge in [-0.15, -0.1) is 0 Å². The summed E-state index contributed by atoms with van der Waals surface area (Å²) in [5, 5.41) is 0. The van der Waals surface area contributed by atoms with Crippen LogP contribution in [0.4, 0.5) is 4.70 Å². The Hall–Kier alpha value is -2.29. The minimum atomic E-state index is 0. The Morgan fingerprint density at radius 1 is 1.18 bits per heavy atom. The maximum Gasteiger partial charge on any atom is 0.137 e. The zero-order valence-corrected chi connectivity index (χ0v) is 20.4. The van der Waals surface area contributed by atoms with Gasteiger partial charge in [-0.2, -0.15) is 0 Å². The van der Waals surface area contributed by atoms with E-state index in [0.717, 1.165) is 18.3 Å². The van der Waals surface area contributed by atoms with E-state index in [4.69, 9.17) is 4.79 Å². The minimum Gasteiger partial charge on any atom is -0.307 e. The molecule has 0 aliphatic heterocycles. The highest BCUT2D eigenvalue weighted by molar-refractivity contribution is 5.81. The number of allylic oxidation sites excluding steroid dienone is 6. The number of rotatable bonds is 11. The van der Waals surface area contributed by atoms with Crippen LogP contribution in [0.15, 0.2) is 60.2 Å². The molecule has 33 heavy (non-hydrogen) atoms. The van der Waals surface area contributed by atoms with Crippen LogP contribution >= 0.6 is 0 Å². The third kappa shape index (κ3) is 7.91. The van der Waals surface area contributed by atoms with Gasteiger partial charge in [0.05, 0.1) is 0 Å². The number of ketones is 1. The molecule has 0 radical (unpaired) electrons. The van der Waals surface area contributed by atoms with Crippen molar-refractivity contribution in [3.63, 3.8) is 0 Å². The van der Waals surface area contributed by atoms with Crippen LogP contribution in [0.5, 0.6) is 0 Å². The molecule has 4 rings (SSSR count). The maximum atomic E-state index is 12.9. The summed E-state index contributed by atoms with van der Waals surface area (Å²) in [6.07, 6.45) is 22.8. The molecule has 0 unspecified atom stereocenters. The lowest BCUT2D eigenvalue weighted by atomic mass is 9.57. The first kappa shape index (κ1) is 27.0. The maximum absolute atomic E-state index is 12.9. The molecule has 3 aliphatic rings. The summed E-state index contributed by atoms with van der Waals surface area (Å²) >= 11 is 0. The van der Waals surface area contributed by atoms with Crippen molar-refractivity contribution in [1.29, 1.82) is 0 Å². The molecule has 1 aromatic carbocycles. The number of Topliss-reactive ketones (excluding diaryl/α,β-unsaturated/α-hetero) is 1. The average molecular weight is 455 g/mol. The van der Waals surface area contributed by atoms with Crippen LogP contribution in [-0.4, -0.2) is 12.6 Å². The van der Waals surface area contributed by atoms with E-state index in [9.17, 15) is 4.79 Å². The number of hydrogen-bond acceptors (Lipinski definition) is 2. The Morgan fingerprint density at radius 3 is 2.52 bits per heavy atom. The van der Waals surface area contributed by atoms with E-state index in [1.807, 2.05) is 6.79 Å². The summed E-state index contributed by atoms with van der Waals surface area (Å²) in [5.41, 5.74) is 4.39. The summed E-state index contributed by atoms with van der Waals surface area (Å²) in [6, 6.07) is 8.78. The zero-order chi connectivity index (χ0) is 23.0. The van der Waals surface area contributed by atoms with Gasteiger partial charge in [0.25, 0.3) is 0 Å². The van der Waals surface area contributed by atoms with Crippen molar-refractivity contribution < 1.29 is 15.7 Å². The number of halogens is 1. The van der Waals surface area contributed by atoms with Gasteiger partial charge in [0, 0.05) is 14.3 Å². The average Bonchev–Trinajstić information content (AvgIpc) is 3.66. The lowest BCUT2D eigenvalue weighted by Crippen LogP contribution is -2.38. The van der Waals surface area contributed by atoms with Gasteiger partial charge < -0.3 is 4.79 Å². The molecule has 0 spiro atoms. The van der Waals surface area contributed by atoms with Gasteiger partial charge in [-0.25, -0.2) is 0 Å². The highest BCUT2D eigenvalue weighted by Gasteiger charge is 2.43. The van der Waals surface area contributed by atoms with Crippen molar-refractivity contribution in [2.45, 2.75) is 84.0 Å². The second-order valence-electron chi connectivity index (χ2n) is 10.2. The van der Waals surface area contributed by atoms with Gasteiger partial charge in [-0.3, -0.25) is 9.50 Å². The third-order valence-electron chi connectivity index (χ3n) is 7.22. The van der Waals surface area contributed by atoms with Crippen molar-refractivity contribution in [3.05, 3.63) is 71.3 Å². The van der Waals surface area contributed by atoms with E-state index < -0.39 is 0 Å². The van der Waals surface area contributed by atoms with Crippen molar-refractivity contribution in [1.82, 2.24) is 0 Å². The topological polar surface area (TPSA) is 34.1 Å². The monoisotopic (exact) mass is 454 g/mol. The van der Waals surface area contributed by atoms with Crippen LogP contribution in [-0.2, 0) is 16.0 Å². The molecule has 0 aromatic heterocycles. The molecular weight excluding hydrogens is 411 g/mol. The van der Waals surface area contributed by atoms with Gasteiger partial charge >= 0.3 is 0 Å². The number of hydrogen-bond donors (Lipinski definition) is 0. The molecule has 2 nitrogen and oxygen atoms in total. The molecule has 0 N–H and O–H groups in total. The molecule has 0 bridgehead atoms. The zero-order valence-electron chi connectivity index (χ0n) is 20.4. The summed E-state index contributed by atoms with van der Waals surface area (Å²) in [4.78, 5) is 20.9. The Bertz CT molecular complexity index is 858. The van der Waals surface area contributed by atoms with Gasteiger partial charge in [0.2, 0.25) is 0 Å². The van der Waals surface area contributed by atoms with Crippen molar-refractivity contribution in [3.8, 4) is 0 Å². The predicted molar refractivity (Wildman–Crippen MR) is 138 cm³/mol. The number of carbonyl (C=O) groups is 2. The second kappa shape index (κ2) is 12.8. The Morgan fingerprint density at radius 2 is 1.91 bits per heavy atom. The van der Waals surface area contributed by atoms with Crippen LogP contribution < -0.4 is 0 Å². The quantitative estimate of drug-likeness (QED) is 0.318. The summed E-state index contributed by atoms with van der Waals surface area (Å²) in [6.45, 7) is 6.36. The summed E-state index contributed by atoms with van der Waals surface area (Å²) in [7, 11) is 0. The lowest BCUT2D eigenvalue weighted by molar-refractivity contribution is -0.123. The molecule has 182 valence electrons. The fraction of sp³-hybridized carbons (Fsp3) is 0.533. The van der Waals surface area contributed by atoms with Gasteiger partial charge in [-0.1, -0.05) is 68.0 Å². The van der Waals surface area contributed by atoms with Crippen LogP contribution in [0.1, 0.15) is 90.1 Å². The summed E-state index contributed by atoms with van der Waals surface area (Å²) in [5.74, 6) is 2.63. The van der Waals surface area contributed by atoms with E-state index in [1.54, 1.807) is 0 Å². The number of benzene rings is 1. The van der Waals surface area contributed by atoms with Crippen LogP contribution in [0.2, 0.25) is 0 Å². The molecule has 0 saturated heterocycles. The highest BCUT2D eigenvalue weighted by atomic mass is 19.0. The second-order valence-corrected chi connectivity index (χ2v) is 10.2. The Kier molecular flexibility index (Phi) is 10.5. The first-order valence-corrected chi connectivity index (χ1v) is 12.5. The Labute approximate surface area is 201 Å². The lowest BCUT2D eigenvalue weighted by Gasteiger charge is -2.47. The standard InChI is InChI=1S/C29H38O.CH2O.FH.H2/c1-3-7-24(25-12-13-25)10-6-9-23-19-29(20-23,16-4-2)21-28(30)18-22-8-5-11-27(17-22)26-14-15-26;1-2;;/h3,5-11,17,23,25-26H,4,12-16,18-21H2,1-2H3;1H2;2*1H/b7-3-,9-6+,24-10+;;;. The van der Waals surface area contributed by atoms with Crippen molar-refractivity contribution in [2.24, 2.45) is 17.3 Å². The normalized spacial score (nSPS) is 24.7. The molecule has 3 fully saturated rings. The van der Waals surface area contributed by atoms with E-state index in [2.05, 4.69) is 68.5 Å². The van der Waals surface area contributed by atoms with Crippen molar-refractivity contribution in [2.75, 3.05) is 0 Å². The molecule has 0 heterocycles. The van der Waals surface area contributed by atoms with E-state index in [0.29, 0.717) is 18.1 Å². The fourth-order valence-electron chi connectivity index (χ4n) is 5.50. The van der Waals surface area contributed by atoms with Gasteiger partial charge in [0.15, 0.2) is 0 Å². The van der Waals surface area contributed by atoms with E-state index in [1.165, 1.54) is 68.1 Å². The Balaban J connectivity index is 0.00000141. The molecule has 0 amide bonds. The van der Waals surface area contributed by atoms with E-state index in [-0.39, 0.29) is 11.5 Å². The van der Waals surface area contributed by atoms with E-state index >= 15 is 0 Å². The molecular formula is C30H43FO2. The number of carbonyl (C=O) groups excluding carboxylic acids is 2. The van der Waals surface area contributed by atoms with Crippen LogP contribution in [0.25, 0.3) is 0 Å². The van der Waals surface area contributed by atoms with Crippen LogP contribution in [0, 0.1) is 17.3 Å². The van der Waals surface area contributed by atoms with Gasteiger partial charge in [0.1, 0.15) is 12.6 Å². The highest BCUT2D eigenvalue weighted by Crippen LogP contribution is 2.52. The molecule has 3 aliphatic carbocycles. The van der Waals surface area contributed by atoms with Crippen molar-refractivity contribution >= 4 is 12.6 Å². The third-order valence-corrected chi connectivity index (χ3v) is 7.22. The molecule has 1 aromatic rings. The van der Waals surface area contributed by atoms with Gasteiger partial charge in [-0.05, 0) is 91.7 Å². The van der Waals surface area contributed by atoms with Crippen LogP contribution in [0.3, 0.4) is 0 Å². The SMILES string of the molecule is C=O.C\C=C/C(=C\C=C\C1CC(CCC)(CC(=O)Cc2cccc(C3CC3)c2)C1)C1CC1.F.[HH]. The molecule has 0 atom stereocenters. The predicted octanol–water partition coefficient (Wildman–Crippen LogP) is 7.94. The first-order chi connectivity index (χ1) is 15.6. The largest absolute Gasteiger partial charge is 0.307 e. The minimum absolute atomic E-state index is 0. The first-order valence-electron chi connectivity index (χ1n) is 12.5.